The fourth-order valence-corrected chi connectivity index (χ4v) is 1.45. The molecule has 0 saturated carbocycles. The molecule has 0 amide bonds. The van der Waals surface area contributed by atoms with Crippen molar-refractivity contribution in [2.45, 2.75) is 19.3 Å². The largest absolute Gasteiger partial charge is 0.381 e. The Hall–Kier alpha value is -0.150. The van der Waals surface area contributed by atoms with Gasteiger partial charge in [0.15, 0.2) is 0 Å². The van der Waals surface area contributed by atoms with Crippen molar-refractivity contribution in [1.82, 2.24) is 5.32 Å². The van der Waals surface area contributed by atoms with Gasteiger partial charge in [-0.1, -0.05) is 0 Å². The molecule has 1 saturated heterocycles. The number of hydrogen-bond donors (Lipinski definition) is 1. The third-order valence-corrected chi connectivity index (χ3v) is 2.23. The number of alkyl halides is 1. The van der Waals surface area contributed by atoms with E-state index in [9.17, 15) is 4.39 Å². The number of halogens is 1. The lowest BCUT2D eigenvalue weighted by Gasteiger charge is -2.22. The molecule has 2 nitrogen and oxygen atoms in total. The van der Waals surface area contributed by atoms with Crippen molar-refractivity contribution in [1.29, 1.82) is 0 Å². The van der Waals surface area contributed by atoms with Crippen LogP contribution < -0.4 is 5.32 Å². The molecule has 1 fully saturated rings. The lowest BCUT2D eigenvalue weighted by Crippen LogP contribution is -2.30. The van der Waals surface area contributed by atoms with Crippen LogP contribution in [-0.2, 0) is 4.74 Å². The first-order valence-corrected chi connectivity index (χ1v) is 4.78. The first-order valence-electron chi connectivity index (χ1n) is 4.78. The lowest BCUT2D eigenvalue weighted by molar-refractivity contribution is 0.0829. The zero-order valence-corrected chi connectivity index (χ0v) is 7.52. The number of piperidine rings is 1. The van der Waals surface area contributed by atoms with E-state index in [1.54, 1.807) is 0 Å². The van der Waals surface area contributed by atoms with E-state index in [0.29, 0.717) is 18.9 Å². The molecule has 0 aromatic rings. The highest BCUT2D eigenvalue weighted by Gasteiger charge is 2.12. The van der Waals surface area contributed by atoms with Crippen molar-refractivity contribution in [2.24, 2.45) is 5.92 Å². The van der Waals surface area contributed by atoms with Crippen LogP contribution in [0.15, 0.2) is 0 Å². The molecule has 3 heteroatoms. The quantitative estimate of drug-likeness (QED) is 0.637. The Morgan fingerprint density at radius 2 is 2.08 bits per heavy atom. The first kappa shape index (κ1) is 9.93. The molecule has 1 rings (SSSR count). The molecule has 0 aromatic carbocycles. The van der Waals surface area contributed by atoms with Gasteiger partial charge >= 0.3 is 0 Å². The molecule has 1 aliphatic rings. The minimum Gasteiger partial charge on any atom is -0.381 e. The van der Waals surface area contributed by atoms with Crippen molar-refractivity contribution < 1.29 is 9.13 Å². The van der Waals surface area contributed by atoms with Gasteiger partial charge in [0.1, 0.15) is 0 Å². The minimum absolute atomic E-state index is 0.258. The van der Waals surface area contributed by atoms with Crippen molar-refractivity contribution in [2.75, 3.05) is 33.0 Å². The van der Waals surface area contributed by atoms with Gasteiger partial charge in [-0.15, -0.1) is 0 Å². The van der Waals surface area contributed by atoms with Crippen molar-refractivity contribution in [3.05, 3.63) is 0 Å². The number of hydrogen-bond acceptors (Lipinski definition) is 2. The molecule has 1 aliphatic heterocycles. The van der Waals surface area contributed by atoms with Gasteiger partial charge in [-0.3, -0.25) is 4.39 Å². The van der Waals surface area contributed by atoms with Gasteiger partial charge in [-0.2, -0.15) is 0 Å². The number of nitrogens with one attached hydrogen (secondary N) is 1. The average molecular weight is 175 g/mol. The van der Waals surface area contributed by atoms with Gasteiger partial charge in [0.05, 0.1) is 6.67 Å². The molecule has 12 heavy (non-hydrogen) atoms. The van der Waals surface area contributed by atoms with E-state index in [0.717, 1.165) is 19.7 Å². The molecule has 0 unspecified atom stereocenters. The smallest absolute Gasteiger partial charge is 0.0916 e. The Balaban J connectivity index is 1.91. The van der Waals surface area contributed by atoms with Gasteiger partial charge in [-0.25, -0.2) is 0 Å². The van der Waals surface area contributed by atoms with Gasteiger partial charge < -0.3 is 10.1 Å². The highest BCUT2D eigenvalue weighted by atomic mass is 19.1. The van der Waals surface area contributed by atoms with Gasteiger partial charge in [0, 0.05) is 13.2 Å². The van der Waals surface area contributed by atoms with Crippen molar-refractivity contribution in [3.63, 3.8) is 0 Å². The van der Waals surface area contributed by atoms with Crippen molar-refractivity contribution >= 4 is 0 Å². The van der Waals surface area contributed by atoms with E-state index in [4.69, 9.17) is 4.74 Å². The average Bonchev–Trinajstić information content (AvgIpc) is 2.14. The Labute approximate surface area is 73.5 Å². The summed E-state index contributed by atoms with van der Waals surface area (Å²) in [7, 11) is 0. The topological polar surface area (TPSA) is 21.3 Å². The highest BCUT2D eigenvalue weighted by Crippen LogP contribution is 2.11. The van der Waals surface area contributed by atoms with Gasteiger partial charge in [-0.05, 0) is 38.3 Å². The molecule has 0 aromatic heterocycles. The normalized spacial score (nSPS) is 19.8. The first-order chi connectivity index (χ1) is 5.93. The summed E-state index contributed by atoms with van der Waals surface area (Å²) in [5, 5.41) is 3.30. The summed E-state index contributed by atoms with van der Waals surface area (Å²) in [5.41, 5.74) is 0. The molecule has 0 atom stereocenters. The standard InChI is InChI=1S/C9H18FNO/c10-4-1-7-12-8-9-2-5-11-6-3-9/h9,11H,1-8H2. The summed E-state index contributed by atoms with van der Waals surface area (Å²) in [5.74, 6) is 0.700. The molecule has 0 radical (unpaired) electrons. The summed E-state index contributed by atoms with van der Waals surface area (Å²) < 4.78 is 17.0. The highest BCUT2D eigenvalue weighted by molar-refractivity contribution is 4.67. The summed E-state index contributed by atoms with van der Waals surface area (Å²) >= 11 is 0. The van der Waals surface area contributed by atoms with Crippen LogP contribution in [0.4, 0.5) is 4.39 Å². The van der Waals surface area contributed by atoms with E-state index in [1.807, 2.05) is 0 Å². The van der Waals surface area contributed by atoms with Gasteiger partial charge in [0.2, 0.25) is 0 Å². The zero-order chi connectivity index (χ0) is 8.65. The Morgan fingerprint density at radius 1 is 1.33 bits per heavy atom. The maximum Gasteiger partial charge on any atom is 0.0916 e. The fourth-order valence-electron chi connectivity index (χ4n) is 1.45. The molecule has 72 valence electrons. The van der Waals surface area contributed by atoms with Crippen LogP contribution in [0.5, 0.6) is 0 Å². The summed E-state index contributed by atoms with van der Waals surface area (Å²) in [6.45, 7) is 3.36. The molecule has 0 spiro atoms. The van der Waals surface area contributed by atoms with E-state index < -0.39 is 0 Å². The van der Waals surface area contributed by atoms with E-state index >= 15 is 0 Å². The third-order valence-electron chi connectivity index (χ3n) is 2.23. The molecule has 0 bridgehead atoms. The van der Waals surface area contributed by atoms with Crippen LogP contribution in [0.3, 0.4) is 0 Å². The third kappa shape index (κ3) is 4.02. The van der Waals surface area contributed by atoms with E-state index in [1.165, 1.54) is 12.8 Å². The van der Waals surface area contributed by atoms with Gasteiger partial charge in [0.25, 0.3) is 0 Å². The lowest BCUT2D eigenvalue weighted by atomic mass is 9.99. The number of ether oxygens (including phenoxy) is 1. The predicted octanol–water partition coefficient (Wildman–Crippen LogP) is 1.36. The molecule has 1 N–H and O–H groups in total. The summed E-state index contributed by atoms with van der Waals surface area (Å²) in [6, 6.07) is 0. The molecule has 0 aliphatic carbocycles. The fraction of sp³-hybridized carbons (Fsp3) is 1.00. The maximum absolute atomic E-state index is 11.7. The van der Waals surface area contributed by atoms with Crippen LogP contribution in [0.2, 0.25) is 0 Å². The molecular weight excluding hydrogens is 157 g/mol. The predicted molar refractivity (Wildman–Crippen MR) is 47.0 cm³/mol. The minimum atomic E-state index is -0.258. The van der Waals surface area contributed by atoms with E-state index in [-0.39, 0.29) is 6.67 Å². The van der Waals surface area contributed by atoms with Crippen LogP contribution in [0.1, 0.15) is 19.3 Å². The Kier molecular flexibility index (Phi) is 5.28. The van der Waals surface area contributed by atoms with Crippen LogP contribution in [0.25, 0.3) is 0 Å². The maximum atomic E-state index is 11.7. The molecule has 1 heterocycles. The molecular formula is C9H18FNO. The zero-order valence-electron chi connectivity index (χ0n) is 7.52. The van der Waals surface area contributed by atoms with Crippen LogP contribution >= 0.6 is 0 Å². The Bertz CT molecular complexity index is 105. The van der Waals surface area contributed by atoms with Crippen LogP contribution in [0, 0.1) is 5.92 Å². The van der Waals surface area contributed by atoms with Crippen LogP contribution in [-0.4, -0.2) is 33.0 Å². The summed E-state index contributed by atoms with van der Waals surface area (Å²) in [4.78, 5) is 0. The summed E-state index contributed by atoms with van der Waals surface area (Å²) in [6.07, 6.45) is 2.95. The second kappa shape index (κ2) is 6.38. The second-order valence-electron chi connectivity index (χ2n) is 3.31. The van der Waals surface area contributed by atoms with Crippen molar-refractivity contribution in [3.8, 4) is 0 Å². The second-order valence-corrected chi connectivity index (χ2v) is 3.31. The SMILES string of the molecule is FCCCOCC1CCNCC1. The van der Waals surface area contributed by atoms with E-state index in [2.05, 4.69) is 5.32 Å². The monoisotopic (exact) mass is 175 g/mol. The number of rotatable bonds is 5. The Morgan fingerprint density at radius 3 is 2.75 bits per heavy atom.